The molecule has 12 heavy (non-hydrogen) atoms. The molecule has 0 aromatic carbocycles. The van der Waals surface area contributed by atoms with Gasteiger partial charge in [-0.25, -0.2) is 0 Å². The quantitative estimate of drug-likeness (QED) is 0.577. The van der Waals surface area contributed by atoms with E-state index in [0.29, 0.717) is 6.42 Å². The summed E-state index contributed by atoms with van der Waals surface area (Å²) in [5, 5.41) is 9.49. The highest BCUT2D eigenvalue weighted by Gasteiger charge is 1.97. The van der Waals surface area contributed by atoms with E-state index in [0.717, 1.165) is 4.48 Å². The predicted molar refractivity (Wildman–Crippen MR) is 48.5 cm³/mol. The van der Waals surface area contributed by atoms with Crippen molar-refractivity contribution in [3.05, 3.63) is 0 Å². The average molecular weight is 175 g/mol. The molecule has 0 N–H and O–H groups in total. The van der Waals surface area contributed by atoms with Crippen molar-refractivity contribution in [1.82, 2.24) is 0 Å². The summed E-state index contributed by atoms with van der Waals surface area (Å²) in [6.07, 6.45) is 0.850. The Bertz CT molecular complexity index is 116. The van der Waals surface area contributed by atoms with E-state index < -0.39 is 5.97 Å². The van der Waals surface area contributed by atoms with Crippen LogP contribution in [-0.4, -0.2) is 38.1 Å². The third-order valence-electron chi connectivity index (χ3n) is 1.40. The second-order valence-electron chi connectivity index (χ2n) is 3.73. The second kappa shape index (κ2) is 7.10. The SMILES string of the molecule is CCCC(=O)[O-].CC[N+](C)(C)C. The summed E-state index contributed by atoms with van der Waals surface area (Å²) in [6, 6.07) is 0. The highest BCUT2D eigenvalue weighted by atomic mass is 16.4. The third kappa shape index (κ3) is 22.7. The average Bonchev–Trinajstić information content (AvgIpc) is 1.87. The highest BCUT2D eigenvalue weighted by molar-refractivity contribution is 5.63. The zero-order valence-corrected chi connectivity index (χ0v) is 8.89. The maximum Gasteiger partial charge on any atom is 0.0751 e. The Labute approximate surface area is 75.6 Å². The molecule has 0 aliphatic carbocycles. The molecule has 3 heteroatoms. The molecule has 0 unspecified atom stereocenters. The first-order valence-electron chi connectivity index (χ1n) is 4.33. The zero-order chi connectivity index (χ0) is 10.2. The van der Waals surface area contributed by atoms with E-state index in [1.807, 2.05) is 0 Å². The van der Waals surface area contributed by atoms with Gasteiger partial charge in [0.05, 0.1) is 27.7 Å². The molecule has 0 amide bonds. The van der Waals surface area contributed by atoms with Crippen LogP contribution in [0.4, 0.5) is 0 Å². The van der Waals surface area contributed by atoms with Gasteiger partial charge in [0.25, 0.3) is 0 Å². The molecular weight excluding hydrogens is 154 g/mol. The Hall–Kier alpha value is -0.570. The number of carbonyl (C=O) groups is 1. The fourth-order valence-electron chi connectivity index (χ4n) is 0.204. The van der Waals surface area contributed by atoms with Gasteiger partial charge in [0.1, 0.15) is 0 Å². The van der Waals surface area contributed by atoms with Crippen LogP contribution < -0.4 is 5.11 Å². The number of carboxylic acid groups (broad SMARTS) is 1. The molecule has 0 aliphatic heterocycles. The van der Waals surface area contributed by atoms with Crippen LogP contribution >= 0.6 is 0 Å². The summed E-state index contributed by atoms with van der Waals surface area (Å²) in [7, 11) is 6.54. The Morgan fingerprint density at radius 3 is 1.58 bits per heavy atom. The molecule has 0 spiro atoms. The van der Waals surface area contributed by atoms with Crippen molar-refractivity contribution < 1.29 is 14.4 Å². The molecular formula is C9H21NO2. The predicted octanol–water partition coefficient (Wildman–Crippen LogP) is 0.249. The van der Waals surface area contributed by atoms with Crippen LogP contribution in [0.1, 0.15) is 26.7 Å². The number of hydrogen-bond donors (Lipinski definition) is 0. The maximum absolute atomic E-state index is 9.49. The zero-order valence-electron chi connectivity index (χ0n) is 8.89. The lowest BCUT2D eigenvalue weighted by Gasteiger charge is -2.20. The molecule has 0 saturated carbocycles. The summed E-state index contributed by atoms with van der Waals surface area (Å²) < 4.78 is 1.07. The van der Waals surface area contributed by atoms with E-state index in [1.165, 1.54) is 6.54 Å². The third-order valence-corrected chi connectivity index (χ3v) is 1.40. The normalized spacial score (nSPS) is 10.1. The topological polar surface area (TPSA) is 40.1 Å². The van der Waals surface area contributed by atoms with E-state index in [9.17, 15) is 9.90 Å². The van der Waals surface area contributed by atoms with E-state index in [2.05, 4.69) is 28.1 Å². The number of quaternary nitrogens is 1. The summed E-state index contributed by atoms with van der Waals surface area (Å²) in [5.74, 6) is -0.961. The van der Waals surface area contributed by atoms with Crippen LogP contribution in [0.5, 0.6) is 0 Å². The number of aliphatic carboxylic acids is 1. The van der Waals surface area contributed by atoms with E-state index in [-0.39, 0.29) is 6.42 Å². The number of nitrogens with zero attached hydrogens (tertiary/aromatic N) is 1. The molecule has 74 valence electrons. The summed E-state index contributed by atoms with van der Waals surface area (Å²) in [5.41, 5.74) is 0. The van der Waals surface area contributed by atoms with Crippen molar-refractivity contribution in [2.75, 3.05) is 27.7 Å². The van der Waals surface area contributed by atoms with E-state index in [1.54, 1.807) is 6.92 Å². The van der Waals surface area contributed by atoms with Crippen molar-refractivity contribution in [3.8, 4) is 0 Å². The van der Waals surface area contributed by atoms with Gasteiger partial charge >= 0.3 is 0 Å². The van der Waals surface area contributed by atoms with Crippen molar-refractivity contribution in [3.63, 3.8) is 0 Å². The van der Waals surface area contributed by atoms with Crippen LogP contribution in [0.15, 0.2) is 0 Å². The van der Waals surface area contributed by atoms with Crippen molar-refractivity contribution in [2.24, 2.45) is 0 Å². The highest BCUT2D eigenvalue weighted by Crippen LogP contribution is 1.83. The Morgan fingerprint density at radius 2 is 1.58 bits per heavy atom. The first-order valence-corrected chi connectivity index (χ1v) is 4.33. The van der Waals surface area contributed by atoms with Gasteiger partial charge in [0.2, 0.25) is 0 Å². The minimum absolute atomic E-state index is 0.181. The van der Waals surface area contributed by atoms with E-state index >= 15 is 0 Å². The molecule has 0 rings (SSSR count). The van der Waals surface area contributed by atoms with Crippen LogP contribution in [0.2, 0.25) is 0 Å². The molecule has 3 nitrogen and oxygen atoms in total. The summed E-state index contributed by atoms with van der Waals surface area (Å²) in [4.78, 5) is 9.49. The molecule has 0 radical (unpaired) electrons. The fourth-order valence-corrected chi connectivity index (χ4v) is 0.204. The van der Waals surface area contributed by atoms with Crippen molar-refractivity contribution in [2.45, 2.75) is 26.7 Å². The monoisotopic (exact) mass is 175 g/mol. The molecule has 0 aromatic heterocycles. The number of rotatable bonds is 3. The Balaban J connectivity index is 0. The molecule has 0 saturated heterocycles. The van der Waals surface area contributed by atoms with Crippen LogP contribution in [0.25, 0.3) is 0 Å². The van der Waals surface area contributed by atoms with E-state index in [4.69, 9.17) is 0 Å². The van der Waals surface area contributed by atoms with Gasteiger partial charge < -0.3 is 14.4 Å². The maximum atomic E-state index is 9.49. The van der Waals surface area contributed by atoms with Crippen LogP contribution in [0.3, 0.4) is 0 Å². The standard InChI is InChI=1S/C5H14N.C4H8O2/c1-5-6(2,3)4;1-2-3-4(5)6/h5H2,1-4H3;2-3H2,1H3,(H,5,6)/q+1;/p-1. The van der Waals surface area contributed by atoms with Gasteiger partial charge in [0, 0.05) is 5.97 Å². The molecule has 0 fully saturated rings. The first-order chi connectivity index (χ1) is 5.33. The van der Waals surface area contributed by atoms with Gasteiger partial charge in [-0.3, -0.25) is 0 Å². The number of carboxylic acids is 1. The van der Waals surface area contributed by atoms with Gasteiger partial charge in [-0.05, 0) is 13.3 Å². The van der Waals surface area contributed by atoms with Crippen LogP contribution in [-0.2, 0) is 4.79 Å². The van der Waals surface area contributed by atoms with Crippen molar-refractivity contribution >= 4 is 5.97 Å². The van der Waals surface area contributed by atoms with Gasteiger partial charge in [-0.2, -0.15) is 0 Å². The van der Waals surface area contributed by atoms with Gasteiger partial charge in [0.15, 0.2) is 0 Å². The lowest BCUT2D eigenvalue weighted by Crippen LogP contribution is -2.33. The summed E-state index contributed by atoms with van der Waals surface area (Å²) in [6.45, 7) is 5.19. The molecule has 0 heterocycles. The fraction of sp³-hybridized carbons (Fsp3) is 0.889. The van der Waals surface area contributed by atoms with Crippen LogP contribution in [0, 0.1) is 0 Å². The molecule has 0 aliphatic rings. The van der Waals surface area contributed by atoms with Crippen molar-refractivity contribution in [1.29, 1.82) is 0 Å². The van der Waals surface area contributed by atoms with Gasteiger partial charge in [-0.15, -0.1) is 0 Å². The second-order valence-corrected chi connectivity index (χ2v) is 3.73. The molecule has 0 aromatic rings. The number of carbonyl (C=O) groups excluding carboxylic acids is 1. The Kier molecular flexibility index (Phi) is 8.27. The number of hydrogen-bond acceptors (Lipinski definition) is 2. The first kappa shape index (κ1) is 14.0. The molecule has 0 atom stereocenters. The lowest BCUT2D eigenvalue weighted by atomic mass is 10.4. The summed E-state index contributed by atoms with van der Waals surface area (Å²) >= 11 is 0. The minimum atomic E-state index is -0.961. The minimum Gasteiger partial charge on any atom is -0.550 e. The molecule has 0 bridgehead atoms. The Morgan fingerprint density at radius 1 is 1.25 bits per heavy atom. The lowest BCUT2D eigenvalue weighted by molar-refractivity contribution is -0.868. The smallest absolute Gasteiger partial charge is 0.0751 e. The largest absolute Gasteiger partial charge is 0.550 e. The van der Waals surface area contributed by atoms with Gasteiger partial charge in [-0.1, -0.05) is 13.3 Å².